The van der Waals surface area contributed by atoms with Crippen LogP contribution in [0.3, 0.4) is 0 Å². The van der Waals surface area contributed by atoms with Crippen molar-refractivity contribution < 1.29 is 9.59 Å². The second kappa shape index (κ2) is 7.16. The molecule has 18 heavy (non-hydrogen) atoms. The minimum Gasteiger partial charge on any atom is -0.359 e. The first kappa shape index (κ1) is 14.7. The fourth-order valence-electron chi connectivity index (χ4n) is 2.04. The van der Waals surface area contributed by atoms with Crippen molar-refractivity contribution in [3.8, 4) is 0 Å². The highest BCUT2D eigenvalue weighted by Crippen LogP contribution is 2.17. The normalized spacial score (nSPS) is 17.4. The van der Waals surface area contributed by atoms with E-state index in [0.717, 1.165) is 19.4 Å². The first-order valence-corrected chi connectivity index (χ1v) is 6.36. The molecule has 0 unspecified atom stereocenters. The van der Waals surface area contributed by atoms with Gasteiger partial charge >= 0.3 is 0 Å². The second-order valence-corrected chi connectivity index (χ2v) is 4.88. The summed E-state index contributed by atoms with van der Waals surface area (Å²) in [4.78, 5) is 27.1. The number of likely N-dealkylation sites (N-methyl/N-ethyl adjacent to an activating group) is 1. The summed E-state index contributed by atoms with van der Waals surface area (Å²) in [6.07, 6.45) is 5.01. The van der Waals surface area contributed by atoms with Crippen LogP contribution in [0.15, 0.2) is 12.2 Å². The molecule has 5 heteroatoms. The van der Waals surface area contributed by atoms with Crippen LogP contribution in [0.25, 0.3) is 0 Å². The average Bonchev–Trinajstić information content (AvgIpc) is 2.37. The van der Waals surface area contributed by atoms with E-state index < -0.39 is 0 Å². The smallest absolute Gasteiger partial charge is 0.246 e. The Morgan fingerprint density at radius 2 is 1.94 bits per heavy atom. The minimum absolute atomic E-state index is 0.0483. The van der Waals surface area contributed by atoms with Crippen molar-refractivity contribution in [3.05, 3.63) is 12.2 Å². The summed E-state index contributed by atoms with van der Waals surface area (Å²) >= 11 is 0. The molecule has 1 rings (SSSR count). The Morgan fingerprint density at radius 1 is 1.33 bits per heavy atom. The van der Waals surface area contributed by atoms with Crippen LogP contribution < -0.4 is 5.32 Å². The standard InChI is InChI=1S/C13H23N3O2/c1-14-13(18)11-6-9-16(10-7-11)12(17)5-4-8-15(2)3/h4-5,11H,6-10H2,1-3H3,(H,14,18)/b5-4+. The Kier molecular flexibility index (Phi) is 5.85. The number of carbonyl (C=O) groups is 2. The Bertz CT molecular complexity index is 318. The number of hydrogen-bond donors (Lipinski definition) is 1. The van der Waals surface area contributed by atoms with Gasteiger partial charge in [-0.05, 0) is 26.9 Å². The number of piperidine rings is 1. The molecule has 0 aliphatic carbocycles. The van der Waals surface area contributed by atoms with E-state index in [0.29, 0.717) is 13.1 Å². The molecule has 5 nitrogen and oxygen atoms in total. The highest BCUT2D eigenvalue weighted by Gasteiger charge is 2.25. The highest BCUT2D eigenvalue weighted by atomic mass is 16.2. The lowest BCUT2D eigenvalue weighted by molar-refractivity contribution is -0.131. The minimum atomic E-state index is 0.0483. The van der Waals surface area contributed by atoms with Crippen molar-refractivity contribution in [3.63, 3.8) is 0 Å². The molecular formula is C13H23N3O2. The molecule has 0 bridgehead atoms. The highest BCUT2D eigenvalue weighted by molar-refractivity contribution is 5.88. The van der Waals surface area contributed by atoms with Crippen LogP contribution in [0.4, 0.5) is 0 Å². The second-order valence-electron chi connectivity index (χ2n) is 4.88. The molecule has 0 radical (unpaired) electrons. The quantitative estimate of drug-likeness (QED) is 0.722. The molecule has 1 fully saturated rings. The number of amides is 2. The van der Waals surface area contributed by atoms with Gasteiger partial charge in [-0.2, -0.15) is 0 Å². The van der Waals surface area contributed by atoms with Gasteiger partial charge in [0.05, 0.1) is 0 Å². The fraction of sp³-hybridized carbons (Fsp3) is 0.692. The van der Waals surface area contributed by atoms with Crippen molar-refractivity contribution in [2.75, 3.05) is 40.8 Å². The van der Waals surface area contributed by atoms with E-state index in [1.54, 1.807) is 13.1 Å². The molecule has 1 saturated heterocycles. The number of nitrogens with zero attached hydrogens (tertiary/aromatic N) is 2. The Labute approximate surface area is 109 Å². The van der Waals surface area contributed by atoms with E-state index in [2.05, 4.69) is 5.32 Å². The molecule has 0 spiro atoms. The third-order valence-corrected chi connectivity index (χ3v) is 3.15. The van der Waals surface area contributed by atoms with Crippen LogP contribution in [0.2, 0.25) is 0 Å². The van der Waals surface area contributed by atoms with Gasteiger partial charge in [0.15, 0.2) is 0 Å². The van der Waals surface area contributed by atoms with Gasteiger partial charge in [0, 0.05) is 38.7 Å². The molecule has 2 amide bonds. The maximum Gasteiger partial charge on any atom is 0.246 e. The summed E-state index contributed by atoms with van der Waals surface area (Å²) in [6, 6.07) is 0. The van der Waals surface area contributed by atoms with E-state index in [1.165, 1.54) is 0 Å². The van der Waals surface area contributed by atoms with Crippen molar-refractivity contribution in [1.82, 2.24) is 15.1 Å². The summed E-state index contributed by atoms with van der Waals surface area (Å²) in [7, 11) is 5.58. The summed E-state index contributed by atoms with van der Waals surface area (Å²) < 4.78 is 0. The number of nitrogens with one attached hydrogen (secondary N) is 1. The Morgan fingerprint density at radius 3 is 2.44 bits per heavy atom. The van der Waals surface area contributed by atoms with E-state index in [9.17, 15) is 9.59 Å². The SMILES string of the molecule is CNC(=O)C1CCN(C(=O)/C=C/CN(C)C)CC1. The topological polar surface area (TPSA) is 52.7 Å². The zero-order chi connectivity index (χ0) is 13.5. The monoisotopic (exact) mass is 253 g/mol. The van der Waals surface area contributed by atoms with Crippen molar-refractivity contribution in [2.24, 2.45) is 5.92 Å². The average molecular weight is 253 g/mol. The predicted octanol–water partition coefficient (Wildman–Crippen LogP) is 0.0888. The molecule has 1 aliphatic heterocycles. The van der Waals surface area contributed by atoms with Gasteiger partial charge in [0.25, 0.3) is 0 Å². The molecule has 1 aliphatic rings. The molecule has 0 saturated carbocycles. The lowest BCUT2D eigenvalue weighted by atomic mass is 9.96. The third-order valence-electron chi connectivity index (χ3n) is 3.15. The maximum atomic E-state index is 11.8. The van der Waals surface area contributed by atoms with Gasteiger partial charge in [-0.1, -0.05) is 6.08 Å². The fourth-order valence-corrected chi connectivity index (χ4v) is 2.04. The first-order valence-electron chi connectivity index (χ1n) is 6.36. The zero-order valence-corrected chi connectivity index (χ0v) is 11.5. The predicted molar refractivity (Wildman–Crippen MR) is 71.1 cm³/mol. The van der Waals surface area contributed by atoms with Gasteiger partial charge in [-0.25, -0.2) is 0 Å². The molecule has 1 heterocycles. The summed E-state index contributed by atoms with van der Waals surface area (Å²) in [5.74, 6) is 0.197. The molecule has 0 aromatic rings. The van der Waals surface area contributed by atoms with E-state index >= 15 is 0 Å². The molecule has 0 aromatic carbocycles. The molecular weight excluding hydrogens is 230 g/mol. The van der Waals surface area contributed by atoms with E-state index in [1.807, 2.05) is 30.0 Å². The number of rotatable bonds is 4. The number of likely N-dealkylation sites (tertiary alicyclic amines) is 1. The lowest BCUT2D eigenvalue weighted by Crippen LogP contribution is -2.41. The molecule has 0 aromatic heterocycles. The van der Waals surface area contributed by atoms with Crippen molar-refractivity contribution in [2.45, 2.75) is 12.8 Å². The maximum absolute atomic E-state index is 11.8. The summed E-state index contributed by atoms with van der Waals surface area (Å²) in [5.41, 5.74) is 0. The number of carbonyl (C=O) groups excluding carboxylic acids is 2. The zero-order valence-electron chi connectivity index (χ0n) is 11.5. The van der Waals surface area contributed by atoms with Crippen LogP contribution in [0.5, 0.6) is 0 Å². The van der Waals surface area contributed by atoms with Crippen LogP contribution >= 0.6 is 0 Å². The van der Waals surface area contributed by atoms with Gasteiger partial charge in [-0.3, -0.25) is 9.59 Å². The van der Waals surface area contributed by atoms with Gasteiger partial charge in [0.2, 0.25) is 11.8 Å². The van der Waals surface area contributed by atoms with Gasteiger partial charge in [0.1, 0.15) is 0 Å². The van der Waals surface area contributed by atoms with Gasteiger partial charge < -0.3 is 15.1 Å². The molecule has 102 valence electrons. The first-order chi connectivity index (χ1) is 8.54. The van der Waals surface area contributed by atoms with E-state index in [-0.39, 0.29) is 17.7 Å². The van der Waals surface area contributed by atoms with Crippen LogP contribution in [-0.2, 0) is 9.59 Å². The third kappa shape index (κ3) is 4.49. The summed E-state index contributed by atoms with van der Waals surface area (Å²) in [5, 5.41) is 2.66. The van der Waals surface area contributed by atoms with E-state index in [4.69, 9.17) is 0 Å². The van der Waals surface area contributed by atoms with Crippen molar-refractivity contribution >= 4 is 11.8 Å². The van der Waals surface area contributed by atoms with Crippen molar-refractivity contribution in [1.29, 1.82) is 0 Å². The van der Waals surface area contributed by atoms with Crippen LogP contribution in [0.1, 0.15) is 12.8 Å². The summed E-state index contributed by atoms with van der Waals surface area (Å²) in [6.45, 7) is 2.10. The number of hydrogen-bond acceptors (Lipinski definition) is 3. The Hall–Kier alpha value is -1.36. The molecule has 0 atom stereocenters. The van der Waals surface area contributed by atoms with Gasteiger partial charge in [-0.15, -0.1) is 0 Å². The van der Waals surface area contributed by atoms with Crippen LogP contribution in [0, 0.1) is 5.92 Å². The van der Waals surface area contributed by atoms with Crippen LogP contribution in [-0.4, -0.2) is 62.4 Å². The Balaban J connectivity index is 2.36. The largest absolute Gasteiger partial charge is 0.359 e. The lowest BCUT2D eigenvalue weighted by Gasteiger charge is -2.30. The molecule has 1 N–H and O–H groups in total.